The van der Waals surface area contributed by atoms with E-state index in [-0.39, 0.29) is 17.4 Å². The molecule has 0 amide bonds. The van der Waals surface area contributed by atoms with E-state index in [1.54, 1.807) is 45.0 Å². The van der Waals surface area contributed by atoms with Gasteiger partial charge in [-0.05, 0) is 44.5 Å². The molecule has 3 aromatic rings. The summed E-state index contributed by atoms with van der Waals surface area (Å²) in [5.41, 5.74) is 7.00. The molecular weight excluding hydrogens is 411 g/mol. The zero-order valence-electron chi connectivity index (χ0n) is 16.6. The molecule has 2 heterocycles. The van der Waals surface area contributed by atoms with Gasteiger partial charge in [0.2, 0.25) is 15.8 Å². The van der Waals surface area contributed by atoms with Crippen molar-refractivity contribution in [1.82, 2.24) is 15.0 Å². The topological polar surface area (TPSA) is 136 Å². The molecule has 0 unspecified atom stereocenters. The zero-order valence-corrected chi connectivity index (χ0v) is 17.4. The fourth-order valence-electron chi connectivity index (χ4n) is 2.51. The second-order valence-electron chi connectivity index (χ2n) is 7.10. The second kappa shape index (κ2) is 8.95. The first-order valence-electron chi connectivity index (χ1n) is 8.68. The highest BCUT2D eigenvalue weighted by Crippen LogP contribution is 2.33. The fourth-order valence-corrected chi connectivity index (χ4v) is 3.76. The molecule has 0 bridgehead atoms. The number of hydrogen-bond acceptors (Lipinski definition) is 7. The molecule has 0 aliphatic rings. The summed E-state index contributed by atoms with van der Waals surface area (Å²) in [6.07, 6.45) is 4.28. The van der Waals surface area contributed by atoms with Crippen LogP contribution in [0.1, 0.15) is 20.8 Å². The molecule has 30 heavy (non-hydrogen) atoms. The predicted molar refractivity (Wildman–Crippen MR) is 111 cm³/mol. The van der Waals surface area contributed by atoms with Crippen LogP contribution in [0.2, 0.25) is 0 Å². The standard InChI is InChI=1S/C19H19FN4O2S.CH2O2/c1-19(2,3)27(25,26)17-15(5-4-8-22-17)12-6-7-14(16(20)9-12)13-10-23-18(21)24-11-13;2-1-3/h4-11H,1-3H3,(H2,21,23,24);1H,(H,2,3). The van der Waals surface area contributed by atoms with Crippen molar-refractivity contribution in [3.8, 4) is 22.3 Å². The van der Waals surface area contributed by atoms with Crippen LogP contribution >= 0.6 is 0 Å². The van der Waals surface area contributed by atoms with Crippen molar-refractivity contribution >= 4 is 22.3 Å². The number of nitrogens with two attached hydrogens (primary N) is 1. The van der Waals surface area contributed by atoms with Gasteiger partial charge in [0.05, 0.1) is 4.75 Å². The molecule has 1 aromatic carbocycles. The molecular formula is C20H21FN4O4S. The molecule has 8 nitrogen and oxygen atoms in total. The number of anilines is 1. The van der Waals surface area contributed by atoms with Crippen LogP contribution in [-0.2, 0) is 14.6 Å². The number of hydrogen-bond donors (Lipinski definition) is 2. The number of pyridine rings is 1. The quantitative estimate of drug-likeness (QED) is 0.602. The first-order chi connectivity index (χ1) is 14.0. The van der Waals surface area contributed by atoms with Crippen LogP contribution in [0.15, 0.2) is 53.9 Å². The Hall–Kier alpha value is -3.40. The highest BCUT2D eigenvalue weighted by molar-refractivity contribution is 7.92. The minimum Gasteiger partial charge on any atom is -0.483 e. The molecule has 0 fully saturated rings. The lowest BCUT2D eigenvalue weighted by Gasteiger charge is -2.20. The highest BCUT2D eigenvalue weighted by atomic mass is 32.2. The van der Waals surface area contributed by atoms with Crippen molar-refractivity contribution in [2.75, 3.05) is 5.73 Å². The van der Waals surface area contributed by atoms with Gasteiger partial charge in [-0.3, -0.25) is 4.79 Å². The van der Waals surface area contributed by atoms with Crippen molar-refractivity contribution in [3.05, 3.63) is 54.7 Å². The smallest absolute Gasteiger partial charge is 0.290 e. The summed E-state index contributed by atoms with van der Waals surface area (Å²) >= 11 is 0. The van der Waals surface area contributed by atoms with Crippen LogP contribution in [0.3, 0.4) is 0 Å². The lowest BCUT2D eigenvalue weighted by molar-refractivity contribution is -0.122. The van der Waals surface area contributed by atoms with Gasteiger partial charge in [-0.1, -0.05) is 12.1 Å². The fraction of sp³-hybridized carbons (Fsp3) is 0.200. The lowest BCUT2D eigenvalue weighted by Crippen LogP contribution is -2.29. The summed E-state index contributed by atoms with van der Waals surface area (Å²) in [7, 11) is -3.70. The van der Waals surface area contributed by atoms with E-state index in [1.807, 2.05) is 0 Å². The summed E-state index contributed by atoms with van der Waals surface area (Å²) < 4.78 is 39.4. The summed E-state index contributed by atoms with van der Waals surface area (Å²) in [6, 6.07) is 7.72. The van der Waals surface area contributed by atoms with Gasteiger partial charge in [0.15, 0.2) is 5.03 Å². The van der Waals surface area contributed by atoms with Crippen LogP contribution < -0.4 is 5.73 Å². The van der Waals surface area contributed by atoms with E-state index < -0.39 is 20.4 Å². The Bertz CT molecular complexity index is 1140. The Morgan fingerprint density at radius 1 is 1.03 bits per heavy atom. The van der Waals surface area contributed by atoms with Gasteiger partial charge >= 0.3 is 0 Å². The van der Waals surface area contributed by atoms with Crippen molar-refractivity contribution in [2.24, 2.45) is 0 Å². The van der Waals surface area contributed by atoms with Gasteiger partial charge in [-0.25, -0.2) is 27.8 Å². The van der Waals surface area contributed by atoms with E-state index in [1.165, 1.54) is 24.7 Å². The largest absolute Gasteiger partial charge is 0.483 e. The molecule has 3 rings (SSSR count). The Balaban J connectivity index is 0.00000101. The number of carbonyl (C=O) groups is 1. The minimum absolute atomic E-state index is 0.0690. The lowest BCUT2D eigenvalue weighted by atomic mass is 10.0. The first-order valence-corrected chi connectivity index (χ1v) is 10.2. The van der Waals surface area contributed by atoms with Crippen molar-refractivity contribution in [3.63, 3.8) is 0 Å². The average molecular weight is 432 g/mol. The first kappa shape index (κ1) is 22.9. The number of nitrogen functional groups attached to an aromatic ring is 1. The van der Waals surface area contributed by atoms with Crippen molar-refractivity contribution in [2.45, 2.75) is 30.5 Å². The van der Waals surface area contributed by atoms with Crippen molar-refractivity contribution in [1.29, 1.82) is 0 Å². The molecule has 158 valence electrons. The number of carboxylic acid groups (broad SMARTS) is 1. The normalized spacial score (nSPS) is 11.3. The molecule has 0 atom stereocenters. The summed E-state index contributed by atoms with van der Waals surface area (Å²) in [4.78, 5) is 20.2. The zero-order chi connectivity index (χ0) is 22.5. The average Bonchev–Trinajstić information content (AvgIpc) is 2.68. The third kappa shape index (κ3) is 4.77. The van der Waals surface area contributed by atoms with E-state index in [4.69, 9.17) is 15.6 Å². The highest BCUT2D eigenvalue weighted by Gasteiger charge is 2.34. The van der Waals surface area contributed by atoms with E-state index >= 15 is 0 Å². The second-order valence-corrected chi connectivity index (χ2v) is 9.72. The Labute approximate surface area is 173 Å². The molecule has 0 aliphatic heterocycles. The van der Waals surface area contributed by atoms with Crippen LogP contribution in [0.4, 0.5) is 10.3 Å². The Kier molecular flexibility index (Phi) is 6.83. The monoisotopic (exact) mass is 432 g/mol. The van der Waals surface area contributed by atoms with Gasteiger partial charge in [0.25, 0.3) is 6.47 Å². The van der Waals surface area contributed by atoms with Gasteiger partial charge in [0, 0.05) is 35.3 Å². The molecule has 0 radical (unpaired) electrons. The van der Waals surface area contributed by atoms with E-state index in [0.717, 1.165) is 0 Å². The van der Waals surface area contributed by atoms with Crippen LogP contribution in [-0.4, -0.2) is 39.7 Å². The number of sulfone groups is 1. The molecule has 0 spiro atoms. The third-order valence-corrected chi connectivity index (χ3v) is 6.54. The Morgan fingerprint density at radius 3 is 2.17 bits per heavy atom. The molecule has 0 saturated heterocycles. The predicted octanol–water partition coefficient (Wildman–Crippen LogP) is 3.20. The van der Waals surface area contributed by atoms with Crippen LogP contribution in [0, 0.1) is 5.82 Å². The van der Waals surface area contributed by atoms with Gasteiger partial charge in [-0.2, -0.15) is 0 Å². The number of benzene rings is 1. The molecule has 3 N–H and O–H groups in total. The van der Waals surface area contributed by atoms with Gasteiger partial charge in [0.1, 0.15) is 5.82 Å². The third-order valence-electron chi connectivity index (χ3n) is 4.09. The maximum Gasteiger partial charge on any atom is 0.290 e. The van der Waals surface area contributed by atoms with Gasteiger partial charge in [-0.15, -0.1) is 0 Å². The molecule has 10 heteroatoms. The van der Waals surface area contributed by atoms with E-state index in [9.17, 15) is 12.8 Å². The summed E-state index contributed by atoms with van der Waals surface area (Å²) in [5, 5.41) is 6.82. The number of nitrogens with zero attached hydrogens (tertiary/aromatic N) is 3. The maximum absolute atomic E-state index is 14.7. The van der Waals surface area contributed by atoms with E-state index in [2.05, 4.69) is 15.0 Å². The van der Waals surface area contributed by atoms with Crippen molar-refractivity contribution < 1.29 is 22.7 Å². The number of rotatable bonds is 3. The van der Waals surface area contributed by atoms with Gasteiger partial charge < -0.3 is 10.8 Å². The molecule has 0 saturated carbocycles. The summed E-state index contributed by atoms with van der Waals surface area (Å²) in [6.45, 7) is 4.56. The van der Waals surface area contributed by atoms with Crippen LogP contribution in [0.5, 0.6) is 0 Å². The summed E-state index contributed by atoms with van der Waals surface area (Å²) in [5.74, 6) is -0.424. The number of halogens is 1. The Morgan fingerprint density at radius 2 is 1.63 bits per heavy atom. The molecule has 2 aromatic heterocycles. The number of aromatic nitrogens is 3. The minimum atomic E-state index is -3.70. The molecule has 0 aliphatic carbocycles. The maximum atomic E-state index is 14.7. The van der Waals surface area contributed by atoms with Crippen LogP contribution in [0.25, 0.3) is 22.3 Å². The SMILES string of the molecule is CC(C)(C)S(=O)(=O)c1ncccc1-c1ccc(-c2cnc(N)nc2)c(F)c1.O=CO. The van der Waals surface area contributed by atoms with E-state index in [0.29, 0.717) is 22.3 Å².